The number of hydrogen-bond acceptors (Lipinski definition) is 6. The summed E-state index contributed by atoms with van der Waals surface area (Å²) >= 11 is 0. The van der Waals surface area contributed by atoms with Crippen molar-refractivity contribution >= 4 is 15.8 Å². The zero-order valence-corrected chi connectivity index (χ0v) is 14.9. The summed E-state index contributed by atoms with van der Waals surface area (Å²) in [5.41, 5.74) is 2.37. The van der Waals surface area contributed by atoms with Crippen molar-refractivity contribution in [3.05, 3.63) is 34.4 Å². The Morgan fingerprint density at radius 1 is 1.40 bits per heavy atom. The van der Waals surface area contributed by atoms with E-state index in [1.807, 2.05) is 6.92 Å². The minimum atomic E-state index is -3.88. The first-order valence-corrected chi connectivity index (χ1v) is 9.25. The van der Waals surface area contributed by atoms with Crippen molar-refractivity contribution in [1.82, 2.24) is 9.78 Å². The fourth-order valence-electron chi connectivity index (χ4n) is 3.24. The number of aromatic nitrogens is 2. The monoisotopic (exact) mass is 362 g/mol. The topological polar surface area (TPSA) is 98.5 Å². The molecule has 0 bridgehead atoms. The van der Waals surface area contributed by atoms with Crippen LogP contribution in [-0.2, 0) is 25.9 Å². The van der Waals surface area contributed by atoms with E-state index < -0.39 is 15.9 Å². The lowest BCUT2D eigenvalue weighted by Crippen LogP contribution is -2.21. The molecule has 0 fully saturated rings. The van der Waals surface area contributed by atoms with Crippen molar-refractivity contribution in [3.63, 3.8) is 0 Å². The Hall–Kier alpha value is -2.41. The van der Waals surface area contributed by atoms with Gasteiger partial charge in [-0.25, -0.2) is 17.9 Å². The van der Waals surface area contributed by atoms with Gasteiger partial charge in [0.25, 0.3) is 0 Å². The zero-order valence-electron chi connectivity index (χ0n) is 14.1. The minimum absolute atomic E-state index is 0.0201. The van der Waals surface area contributed by atoms with E-state index in [0.29, 0.717) is 28.8 Å². The number of sulfone groups is 1. The van der Waals surface area contributed by atoms with E-state index in [-0.39, 0.29) is 22.1 Å². The number of nitrogens with zero attached hydrogens (tertiary/aromatic N) is 2. The zero-order chi connectivity index (χ0) is 18.4. The van der Waals surface area contributed by atoms with E-state index in [4.69, 9.17) is 4.74 Å². The van der Waals surface area contributed by atoms with Gasteiger partial charge in [-0.1, -0.05) is 6.07 Å². The Labute approximate surface area is 145 Å². The van der Waals surface area contributed by atoms with Crippen molar-refractivity contribution in [2.45, 2.75) is 37.8 Å². The molecule has 0 saturated carbocycles. The van der Waals surface area contributed by atoms with Gasteiger partial charge in [0.05, 0.1) is 22.8 Å². The lowest BCUT2D eigenvalue weighted by molar-refractivity contribution is 0.101. The fraction of sp³-hybridized carbons (Fsp3) is 0.353. The van der Waals surface area contributed by atoms with Crippen LogP contribution in [0.3, 0.4) is 0 Å². The number of rotatable bonds is 3. The van der Waals surface area contributed by atoms with Gasteiger partial charge in [-0.05, 0) is 31.0 Å². The number of methoxy groups -OCH3 is 1. The largest absolute Gasteiger partial charge is 0.493 e. The smallest absolute Gasteiger partial charge is 0.217 e. The summed E-state index contributed by atoms with van der Waals surface area (Å²) in [6.45, 7) is 4.14. The first kappa shape index (κ1) is 17.4. The van der Waals surface area contributed by atoms with Gasteiger partial charge in [0.1, 0.15) is 10.8 Å². The highest BCUT2D eigenvalue weighted by Gasteiger charge is 2.37. The van der Waals surface area contributed by atoms with Crippen molar-refractivity contribution < 1.29 is 23.1 Å². The van der Waals surface area contributed by atoms with Crippen LogP contribution in [0.2, 0.25) is 0 Å². The molecular weight excluding hydrogens is 344 g/mol. The van der Waals surface area contributed by atoms with Crippen molar-refractivity contribution in [2.75, 3.05) is 7.11 Å². The molecule has 8 heteroatoms. The normalized spacial score (nSPS) is 18.7. The first-order valence-electron chi connectivity index (χ1n) is 7.77. The summed E-state index contributed by atoms with van der Waals surface area (Å²) < 4.78 is 32.1. The number of aromatic hydroxyl groups is 1. The molecule has 132 valence electrons. The molecule has 1 aromatic carbocycles. The third kappa shape index (κ3) is 2.50. The molecule has 0 radical (unpaired) electrons. The van der Waals surface area contributed by atoms with Gasteiger partial charge in [0.2, 0.25) is 15.7 Å². The summed E-state index contributed by atoms with van der Waals surface area (Å²) in [5, 5.41) is 14.4. The molecule has 25 heavy (non-hydrogen) atoms. The second kappa shape index (κ2) is 6.15. The van der Waals surface area contributed by atoms with Crippen LogP contribution in [0.4, 0.5) is 0 Å². The lowest BCUT2D eigenvalue weighted by Gasteiger charge is -2.27. The van der Waals surface area contributed by atoms with Gasteiger partial charge in [-0.15, -0.1) is 0 Å². The molecule has 1 N–H and O–H groups in total. The summed E-state index contributed by atoms with van der Waals surface area (Å²) in [4.78, 5) is 10.8. The molecule has 0 aliphatic carbocycles. The summed E-state index contributed by atoms with van der Waals surface area (Å²) in [6.07, 6.45) is 0.918. The molecule has 1 aromatic heterocycles. The number of benzene rings is 1. The third-order valence-corrected chi connectivity index (χ3v) is 6.41. The SMILES string of the molecule is CCn1ncc(-c2ccc3c(c2C)C(OC)CC(=C=O)S3(=O)=O)c1O. The Balaban J connectivity index is 2.29. The molecule has 1 aliphatic rings. The maximum absolute atomic E-state index is 12.6. The second-order valence-electron chi connectivity index (χ2n) is 5.80. The van der Waals surface area contributed by atoms with Crippen LogP contribution in [0.5, 0.6) is 5.88 Å². The highest BCUT2D eigenvalue weighted by Crippen LogP contribution is 2.44. The number of carbonyl (C=O) groups excluding carboxylic acids is 1. The van der Waals surface area contributed by atoms with E-state index in [2.05, 4.69) is 5.10 Å². The Morgan fingerprint density at radius 2 is 2.12 bits per heavy atom. The molecular formula is C17H18N2O5S. The van der Waals surface area contributed by atoms with E-state index in [1.54, 1.807) is 19.2 Å². The van der Waals surface area contributed by atoms with Gasteiger partial charge >= 0.3 is 0 Å². The van der Waals surface area contributed by atoms with Gasteiger partial charge in [-0.3, -0.25) is 0 Å². The van der Waals surface area contributed by atoms with Crippen LogP contribution in [-0.4, -0.2) is 36.4 Å². The van der Waals surface area contributed by atoms with E-state index >= 15 is 0 Å². The summed E-state index contributed by atoms with van der Waals surface area (Å²) in [6, 6.07) is 3.06. The molecule has 1 unspecified atom stereocenters. The van der Waals surface area contributed by atoms with Crippen molar-refractivity contribution in [1.29, 1.82) is 0 Å². The molecule has 0 saturated heterocycles. The van der Waals surface area contributed by atoms with E-state index in [9.17, 15) is 18.3 Å². The predicted molar refractivity (Wildman–Crippen MR) is 90.5 cm³/mol. The maximum Gasteiger partial charge on any atom is 0.217 e. The van der Waals surface area contributed by atoms with Gasteiger partial charge in [0.15, 0.2) is 0 Å². The van der Waals surface area contributed by atoms with Crippen LogP contribution >= 0.6 is 0 Å². The number of hydrogen-bond donors (Lipinski definition) is 1. The molecule has 1 atom stereocenters. The quantitative estimate of drug-likeness (QED) is 0.840. The third-order valence-electron chi connectivity index (χ3n) is 4.58. The molecule has 2 aromatic rings. The average Bonchev–Trinajstić information content (AvgIpc) is 2.96. The number of ether oxygens (including phenoxy) is 1. The molecule has 0 spiro atoms. The van der Waals surface area contributed by atoms with Crippen LogP contribution in [0.15, 0.2) is 28.1 Å². The molecule has 2 heterocycles. The maximum atomic E-state index is 12.6. The molecule has 7 nitrogen and oxygen atoms in total. The Bertz CT molecular complexity index is 1000. The first-order chi connectivity index (χ1) is 11.9. The Kier molecular flexibility index (Phi) is 4.28. The van der Waals surface area contributed by atoms with Crippen molar-refractivity contribution in [3.8, 4) is 17.0 Å². The van der Waals surface area contributed by atoms with Crippen LogP contribution < -0.4 is 0 Å². The second-order valence-corrected chi connectivity index (χ2v) is 7.74. The fourth-order valence-corrected chi connectivity index (χ4v) is 4.81. The minimum Gasteiger partial charge on any atom is -0.493 e. The van der Waals surface area contributed by atoms with Gasteiger partial charge in [-0.2, -0.15) is 5.10 Å². The lowest BCUT2D eigenvalue weighted by atomic mass is 9.93. The van der Waals surface area contributed by atoms with Crippen molar-refractivity contribution in [2.24, 2.45) is 0 Å². The van der Waals surface area contributed by atoms with Crippen LogP contribution in [0.25, 0.3) is 11.1 Å². The van der Waals surface area contributed by atoms with E-state index in [0.717, 1.165) is 0 Å². The van der Waals surface area contributed by atoms with Crippen LogP contribution in [0.1, 0.15) is 30.6 Å². The summed E-state index contributed by atoms with van der Waals surface area (Å²) in [5.74, 6) is 1.55. The standard InChI is InChI=1S/C17H18N2O5S/c1-4-19-17(21)13(8-18-19)12-5-6-15-16(10(12)2)14(24-3)7-11(9-20)25(15,22)23/h5-6,8,14,21H,4,7H2,1-3H3. The van der Waals surface area contributed by atoms with E-state index in [1.165, 1.54) is 23.8 Å². The average molecular weight is 362 g/mol. The predicted octanol–water partition coefficient (Wildman–Crippen LogP) is 2.16. The number of aryl methyl sites for hydroxylation is 1. The van der Waals surface area contributed by atoms with Gasteiger partial charge < -0.3 is 9.84 Å². The summed E-state index contributed by atoms with van der Waals surface area (Å²) in [7, 11) is -2.41. The molecule has 1 aliphatic heterocycles. The molecule has 3 rings (SSSR count). The van der Waals surface area contributed by atoms with Crippen LogP contribution in [0, 0.1) is 6.92 Å². The highest BCUT2D eigenvalue weighted by molar-refractivity contribution is 7.95. The molecule has 0 amide bonds. The Morgan fingerprint density at radius 3 is 2.68 bits per heavy atom. The number of fused-ring (bicyclic) bond motifs is 1. The highest BCUT2D eigenvalue weighted by atomic mass is 32.2. The van der Waals surface area contributed by atoms with Gasteiger partial charge in [0, 0.05) is 25.6 Å².